The molecule has 0 saturated carbocycles. The van der Waals surface area contributed by atoms with Gasteiger partial charge in [0.05, 0.1) is 12.6 Å². The van der Waals surface area contributed by atoms with Crippen molar-refractivity contribution < 1.29 is 9.90 Å². The van der Waals surface area contributed by atoms with Crippen molar-refractivity contribution in [3.05, 3.63) is 35.4 Å². The standard InChI is InChI=1S/C17H26N2O2.ClH/c1-4-19(17(21)13(3)15-9-18-10-15)11-16(20)14-7-5-12(2)6-8-14;/h5-8,13,15-16,18,20H,4,9-11H2,1-3H3;1H. The molecule has 0 aliphatic carbocycles. The summed E-state index contributed by atoms with van der Waals surface area (Å²) < 4.78 is 0. The molecule has 0 radical (unpaired) electrons. The SMILES string of the molecule is CCN(CC(O)c1ccc(C)cc1)C(=O)C(C)C1CNC1.Cl. The predicted molar refractivity (Wildman–Crippen MR) is 91.2 cm³/mol. The molecule has 0 bridgehead atoms. The van der Waals surface area contributed by atoms with E-state index in [9.17, 15) is 9.90 Å². The Labute approximate surface area is 139 Å². The Kier molecular flexibility index (Phi) is 7.33. The first kappa shape index (κ1) is 18.9. The Balaban J connectivity index is 0.00000242. The number of hydrogen-bond donors (Lipinski definition) is 2. The fourth-order valence-electron chi connectivity index (χ4n) is 2.63. The van der Waals surface area contributed by atoms with Crippen molar-refractivity contribution in [2.45, 2.75) is 26.9 Å². The van der Waals surface area contributed by atoms with Crippen LogP contribution in [0.2, 0.25) is 0 Å². The van der Waals surface area contributed by atoms with E-state index < -0.39 is 6.10 Å². The second-order valence-electron chi connectivity index (χ2n) is 6.01. The number of amides is 1. The number of nitrogens with one attached hydrogen (secondary N) is 1. The molecule has 22 heavy (non-hydrogen) atoms. The zero-order valence-electron chi connectivity index (χ0n) is 13.6. The molecule has 1 aromatic carbocycles. The molecular weight excluding hydrogens is 300 g/mol. The number of hydrogen-bond acceptors (Lipinski definition) is 3. The van der Waals surface area contributed by atoms with Crippen LogP contribution in [0.25, 0.3) is 0 Å². The second kappa shape index (κ2) is 8.51. The lowest BCUT2D eigenvalue weighted by atomic mass is 9.88. The van der Waals surface area contributed by atoms with Crippen molar-refractivity contribution in [2.24, 2.45) is 11.8 Å². The van der Waals surface area contributed by atoms with Gasteiger partial charge in [0.1, 0.15) is 0 Å². The summed E-state index contributed by atoms with van der Waals surface area (Å²) in [5.41, 5.74) is 2.03. The summed E-state index contributed by atoms with van der Waals surface area (Å²) in [5, 5.41) is 13.6. The van der Waals surface area contributed by atoms with E-state index >= 15 is 0 Å². The smallest absolute Gasteiger partial charge is 0.225 e. The lowest BCUT2D eigenvalue weighted by Gasteiger charge is -2.35. The Bertz CT molecular complexity index is 474. The van der Waals surface area contributed by atoms with E-state index in [0.717, 1.165) is 18.7 Å². The van der Waals surface area contributed by atoms with Gasteiger partial charge in [-0.15, -0.1) is 12.4 Å². The molecule has 2 atom stereocenters. The molecule has 5 heteroatoms. The molecule has 1 fully saturated rings. The van der Waals surface area contributed by atoms with Crippen LogP contribution >= 0.6 is 12.4 Å². The van der Waals surface area contributed by atoms with Crippen LogP contribution in [0.5, 0.6) is 0 Å². The van der Waals surface area contributed by atoms with Crippen molar-refractivity contribution >= 4 is 18.3 Å². The topological polar surface area (TPSA) is 52.6 Å². The van der Waals surface area contributed by atoms with Crippen LogP contribution in [-0.4, -0.2) is 42.1 Å². The average molecular weight is 327 g/mol. The lowest BCUT2D eigenvalue weighted by Crippen LogP contribution is -2.50. The summed E-state index contributed by atoms with van der Waals surface area (Å²) in [4.78, 5) is 14.3. The summed E-state index contributed by atoms with van der Waals surface area (Å²) in [6, 6.07) is 7.83. The summed E-state index contributed by atoms with van der Waals surface area (Å²) in [6.45, 7) is 8.82. The van der Waals surface area contributed by atoms with Gasteiger partial charge in [0.25, 0.3) is 0 Å². The highest BCUT2D eigenvalue weighted by Crippen LogP contribution is 2.21. The first-order valence-electron chi connectivity index (χ1n) is 7.77. The molecule has 124 valence electrons. The number of halogens is 1. The van der Waals surface area contributed by atoms with Crippen LogP contribution < -0.4 is 5.32 Å². The van der Waals surface area contributed by atoms with Gasteiger partial charge in [-0.05, 0) is 38.4 Å². The largest absolute Gasteiger partial charge is 0.387 e. The first-order valence-corrected chi connectivity index (χ1v) is 7.77. The van der Waals surface area contributed by atoms with E-state index in [1.807, 2.05) is 45.0 Å². The van der Waals surface area contributed by atoms with Crippen LogP contribution in [0.1, 0.15) is 31.1 Å². The van der Waals surface area contributed by atoms with E-state index in [4.69, 9.17) is 0 Å². The molecule has 1 amide bonds. The van der Waals surface area contributed by atoms with Crippen LogP contribution in [-0.2, 0) is 4.79 Å². The molecule has 1 aliphatic rings. The van der Waals surface area contributed by atoms with Crippen molar-refractivity contribution in [1.82, 2.24) is 10.2 Å². The monoisotopic (exact) mass is 326 g/mol. The number of nitrogens with zero attached hydrogens (tertiary/aromatic N) is 1. The summed E-state index contributed by atoms with van der Waals surface area (Å²) in [5.74, 6) is 0.606. The Morgan fingerprint density at radius 1 is 1.36 bits per heavy atom. The predicted octanol–water partition coefficient (Wildman–Crippen LogP) is 2.15. The molecule has 2 rings (SSSR count). The van der Waals surface area contributed by atoms with E-state index in [2.05, 4.69) is 5.32 Å². The van der Waals surface area contributed by atoms with Crippen molar-refractivity contribution in [3.63, 3.8) is 0 Å². The van der Waals surface area contributed by atoms with Gasteiger partial charge in [-0.2, -0.15) is 0 Å². The van der Waals surface area contributed by atoms with Crippen molar-refractivity contribution in [1.29, 1.82) is 0 Å². The third-order valence-electron chi connectivity index (χ3n) is 4.46. The minimum Gasteiger partial charge on any atom is -0.387 e. The van der Waals surface area contributed by atoms with E-state index in [1.165, 1.54) is 5.56 Å². The number of aliphatic hydroxyl groups is 1. The number of carbonyl (C=O) groups is 1. The van der Waals surface area contributed by atoms with Gasteiger partial charge in [0, 0.05) is 12.5 Å². The molecule has 1 aromatic rings. The minimum atomic E-state index is -0.624. The lowest BCUT2D eigenvalue weighted by molar-refractivity contribution is -0.138. The molecular formula is C17H27ClN2O2. The number of rotatable bonds is 6. The highest BCUT2D eigenvalue weighted by molar-refractivity contribution is 5.85. The Morgan fingerprint density at radius 2 is 1.95 bits per heavy atom. The fraction of sp³-hybridized carbons (Fsp3) is 0.588. The number of aryl methyl sites for hydroxylation is 1. The molecule has 4 nitrogen and oxygen atoms in total. The maximum absolute atomic E-state index is 12.5. The van der Waals surface area contributed by atoms with Crippen LogP contribution in [0.3, 0.4) is 0 Å². The summed E-state index contributed by atoms with van der Waals surface area (Å²) in [7, 11) is 0. The van der Waals surface area contributed by atoms with E-state index in [-0.39, 0.29) is 24.2 Å². The van der Waals surface area contributed by atoms with E-state index in [1.54, 1.807) is 4.90 Å². The zero-order valence-corrected chi connectivity index (χ0v) is 14.4. The van der Waals surface area contributed by atoms with Crippen molar-refractivity contribution in [2.75, 3.05) is 26.2 Å². The fourth-order valence-corrected chi connectivity index (χ4v) is 2.63. The third-order valence-corrected chi connectivity index (χ3v) is 4.46. The molecule has 1 heterocycles. The van der Waals surface area contributed by atoms with Crippen LogP contribution in [0.15, 0.2) is 24.3 Å². The molecule has 1 saturated heterocycles. The van der Waals surface area contributed by atoms with Crippen molar-refractivity contribution in [3.8, 4) is 0 Å². The number of aliphatic hydroxyl groups excluding tert-OH is 1. The van der Waals surface area contributed by atoms with Gasteiger partial charge in [-0.1, -0.05) is 36.8 Å². The van der Waals surface area contributed by atoms with Crippen LogP contribution in [0, 0.1) is 18.8 Å². The molecule has 0 aromatic heterocycles. The Morgan fingerprint density at radius 3 is 2.41 bits per heavy atom. The quantitative estimate of drug-likeness (QED) is 0.842. The van der Waals surface area contributed by atoms with Crippen LogP contribution in [0.4, 0.5) is 0 Å². The molecule has 2 N–H and O–H groups in total. The average Bonchev–Trinajstić information content (AvgIpc) is 2.42. The second-order valence-corrected chi connectivity index (χ2v) is 6.01. The van der Waals surface area contributed by atoms with Gasteiger partial charge in [0.15, 0.2) is 0 Å². The molecule has 2 unspecified atom stereocenters. The first-order chi connectivity index (χ1) is 10.0. The number of carbonyl (C=O) groups excluding carboxylic acids is 1. The zero-order chi connectivity index (χ0) is 15.4. The summed E-state index contributed by atoms with van der Waals surface area (Å²) >= 11 is 0. The Hall–Kier alpha value is -1.10. The van der Waals surface area contributed by atoms with Gasteiger partial charge in [-0.25, -0.2) is 0 Å². The molecule has 1 aliphatic heterocycles. The minimum absolute atomic E-state index is 0. The third kappa shape index (κ3) is 4.45. The summed E-state index contributed by atoms with van der Waals surface area (Å²) in [6.07, 6.45) is -0.624. The van der Waals surface area contributed by atoms with Gasteiger partial charge < -0.3 is 15.3 Å². The van der Waals surface area contributed by atoms with E-state index in [0.29, 0.717) is 19.0 Å². The highest BCUT2D eigenvalue weighted by Gasteiger charge is 2.31. The highest BCUT2D eigenvalue weighted by atomic mass is 35.5. The maximum atomic E-state index is 12.5. The van der Waals surface area contributed by atoms with Gasteiger partial charge >= 0.3 is 0 Å². The van der Waals surface area contributed by atoms with Gasteiger partial charge in [0.2, 0.25) is 5.91 Å². The number of benzene rings is 1. The normalized spacial score (nSPS) is 17.1. The molecule has 0 spiro atoms. The number of likely N-dealkylation sites (N-methyl/N-ethyl adjacent to an activating group) is 1. The van der Waals surface area contributed by atoms with Gasteiger partial charge in [-0.3, -0.25) is 4.79 Å². The maximum Gasteiger partial charge on any atom is 0.225 e.